The van der Waals surface area contributed by atoms with Gasteiger partial charge in [-0.3, -0.25) is 4.99 Å². The molecule has 19 heavy (non-hydrogen) atoms. The molecule has 108 valence electrons. The number of likely N-dealkylation sites (tertiary alicyclic amines) is 1. The van der Waals surface area contributed by atoms with Gasteiger partial charge in [-0.15, -0.1) is 0 Å². The van der Waals surface area contributed by atoms with Crippen molar-refractivity contribution < 1.29 is 0 Å². The first-order valence-electron chi connectivity index (χ1n) is 7.73. The molecule has 0 bridgehead atoms. The lowest BCUT2D eigenvalue weighted by Gasteiger charge is -2.17. The first kappa shape index (κ1) is 14.4. The summed E-state index contributed by atoms with van der Waals surface area (Å²) in [5, 5.41) is 6.88. The highest BCUT2D eigenvalue weighted by atomic mass is 15.2. The molecule has 1 aliphatic carbocycles. The lowest BCUT2D eigenvalue weighted by molar-refractivity contribution is 0.330. The van der Waals surface area contributed by atoms with Crippen LogP contribution in [0.2, 0.25) is 0 Å². The molecule has 0 aromatic carbocycles. The summed E-state index contributed by atoms with van der Waals surface area (Å²) in [5.41, 5.74) is 0. The fraction of sp³-hybridized carbons (Fsp3) is 0.800. The van der Waals surface area contributed by atoms with Gasteiger partial charge in [0.2, 0.25) is 0 Å². The van der Waals surface area contributed by atoms with E-state index in [4.69, 9.17) is 0 Å². The number of nitrogens with one attached hydrogen (secondary N) is 2. The molecule has 1 saturated heterocycles. The van der Waals surface area contributed by atoms with Crippen LogP contribution >= 0.6 is 0 Å². The van der Waals surface area contributed by atoms with Gasteiger partial charge >= 0.3 is 0 Å². The smallest absolute Gasteiger partial charge is 0.191 e. The quantitative estimate of drug-likeness (QED) is 0.332. The Morgan fingerprint density at radius 3 is 2.63 bits per heavy atom. The normalized spacial score (nSPS) is 21.2. The summed E-state index contributed by atoms with van der Waals surface area (Å²) in [6.07, 6.45) is 12.0. The molecule has 2 N–H and O–H groups in total. The predicted octanol–water partition coefficient (Wildman–Crippen LogP) is 1.75. The zero-order valence-corrected chi connectivity index (χ0v) is 12.2. The van der Waals surface area contributed by atoms with Crippen molar-refractivity contribution in [2.75, 3.05) is 33.2 Å². The summed E-state index contributed by atoms with van der Waals surface area (Å²) in [5.74, 6) is 0.954. The van der Waals surface area contributed by atoms with Crippen LogP contribution in [0.3, 0.4) is 0 Å². The van der Waals surface area contributed by atoms with Crippen LogP contribution in [0.4, 0.5) is 0 Å². The predicted molar refractivity (Wildman–Crippen MR) is 81.6 cm³/mol. The SMILES string of the molecule is CN=C(NCCCCN1CCCC1)NC1CC=CC1. The maximum Gasteiger partial charge on any atom is 0.191 e. The van der Waals surface area contributed by atoms with Crippen LogP contribution in [0.15, 0.2) is 17.1 Å². The van der Waals surface area contributed by atoms with Crippen molar-refractivity contribution in [2.24, 2.45) is 4.99 Å². The van der Waals surface area contributed by atoms with Gasteiger partial charge in [0, 0.05) is 19.6 Å². The summed E-state index contributed by atoms with van der Waals surface area (Å²) in [6.45, 7) is 4.91. The second kappa shape index (κ2) is 8.20. The fourth-order valence-electron chi connectivity index (χ4n) is 2.80. The first-order chi connectivity index (χ1) is 9.38. The number of hydrogen-bond acceptors (Lipinski definition) is 2. The highest BCUT2D eigenvalue weighted by Gasteiger charge is 2.12. The molecule has 0 saturated carbocycles. The Morgan fingerprint density at radius 2 is 1.95 bits per heavy atom. The minimum Gasteiger partial charge on any atom is -0.356 e. The van der Waals surface area contributed by atoms with Crippen LogP contribution < -0.4 is 10.6 Å². The Balaban J connectivity index is 1.50. The van der Waals surface area contributed by atoms with Crippen molar-refractivity contribution in [1.29, 1.82) is 0 Å². The van der Waals surface area contributed by atoms with E-state index in [1.807, 2.05) is 7.05 Å². The lowest BCUT2D eigenvalue weighted by Crippen LogP contribution is -2.42. The van der Waals surface area contributed by atoms with Crippen LogP contribution in [0.5, 0.6) is 0 Å². The van der Waals surface area contributed by atoms with E-state index < -0.39 is 0 Å². The van der Waals surface area contributed by atoms with E-state index in [-0.39, 0.29) is 0 Å². The molecule has 1 heterocycles. The van der Waals surface area contributed by atoms with Gasteiger partial charge in [-0.25, -0.2) is 0 Å². The molecule has 0 atom stereocenters. The van der Waals surface area contributed by atoms with Crippen molar-refractivity contribution in [3.05, 3.63) is 12.2 Å². The summed E-state index contributed by atoms with van der Waals surface area (Å²) in [7, 11) is 1.85. The molecule has 1 fully saturated rings. The third kappa shape index (κ3) is 5.23. The third-order valence-corrected chi connectivity index (χ3v) is 3.96. The Kier molecular flexibility index (Phi) is 6.21. The summed E-state index contributed by atoms with van der Waals surface area (Å²) >= 11 is 0. The number of guanidine groups is 1. The molecule has 0 amide bonds. The van der Waals surface area contributed by atoms with Crippen molar-refractivity contribution in [3.63, 3.8) is 0 Å². The van der Waals surface area contributed by atoms with Gasteiger partial charge in [0.25, 0.3) is 0 Å². The summed E-state index contributed by atoms with van der Waals surface area (Å²) in [6, 6.07) is 0.538. The van der Waals surface area contributed by atoms with Crippen LogP contribution in [-0.2, 0) is 0 Å². The largest absolute Gasteiger partial charge is 0.356 e. The van der Waals surface area contributed by atoms with E-state index >= 15 is 0 Å². The van der Waals surface area contributed by atoms with Crippen LogP contribution in [0, 0.1) is 0 Å². The Labute approximate surface area is 117 Å². The number of rotatable bonds is 6. The molecule has 1 aliphatic heterocycles. The van der Waals surface area contributed by atoms with Gasteiger partial charge in [0.15, 0.2) is 5.96 Å². The maximum absolute atomic E-state index is 4.28. The molecule has 0 unspecified atom stereocenters. The second-order valence-electron chi connectivity index (χ2n) is 5.54. The molecule has 2 aliphatic rings. The molecule has 0 spiro atoms. The summed E-state index contributed by atoms with van der Waals surface area (Å²) in [4.78, 5) is 6.86. The topological polar surface area (TPSA) is 39.7 Å². The minimum atomic E-state index is 0.538. The van der Waals surface area contributed by atoms with Crippen LogP contribution in [0.25, 0.3) is 0 Å². The monoisotopic (exact) mass is 264 g/mol. The van der Waals surface area contributed by atoms with Crippen LogP contribution in [0.1, 0.15) is 38.5 Å². The van der Waals surface area contributed by atoms with E-state index in [2.05, 4.69) is 32.7 Å². The van der Waals surface area contributed by atoms with E-state index in [1.165, 1.54) is 45.3 Å². The number of hydrogen-bond donors (Lipinski definition) is 2. The molecule has 0 aromatic heterocycles. The molecule has 4 nitrogen and oxygen atoms in total. The third-order valence-electron chi connectivity index (χ3n) is 3.96. The van der Waals surface area contributed by atoms with Crippen molar-refractivity contribution >= 4 is 5.96 Å². The molecule has 0 radical (unpaired) electrons. The van der Waals surface area contributed by atoms with E-state index in [0.29, 0.717) is 6.04 Å². The van der Waals surface area contributed by atoms with Crippen molar-refractivity contribution in [1.82, 2.24) is 15.5 Å². The molecule has 4 heteroatoms. The Bertz CT molecular complexity index is 297. The van der Waals surface area contributed by atoms with Gasteiger partial charge in [-0.2, -0.15) is 0 Å². The standard InChI is InChI=1S/C15H28N4/c1-16-15(18-14-8-2-3-9-14)17-10-4-5-11-19-12-6-7-13-19/h2-3,14H,4-13H2,1H3,(H2,16,17,18). The van der Waals surface area contributed by atoms with Gasteiger partial charge < -0.3 is 15.5 Å². The molecular formula is C15H28N4. The first-order valence-corrected chi connectivity index (χ1v) is 7.73. The average molecular weight is 264 g/mol. The number of nitrogens with zero attached hydrogens (tertiary/aromatic N) is 2. The highest BCUT2D eigenvalue weighted by Crippen LogP contribution is 2.09. The Hall–Kier alpha value is -1.03. The minimum absolute atomic E-state index is 0.538. The summed E-state index contributed by atoms with van der Waals surface area (Å²) < 4.78 is 0. The van der Waals surface area contributed by atoms with Gasteiger partial charge in [0.05, 0.1) is 0 Å². The highest BCUT2D eigenvalue weighted by molar-refractivity contribution is 5.80. The molecule has 2 rings (SSSR count). The number of unbranched alkanes of at least 4 members (excludes halogenated alkanes) is 1. The molecule has 0 aromatic rings. The van der Waals surface area contributed by atoms with Gasteiger partial charge in [-0.1, -0.05) is 12.2 Å². The zero-order valence-electron chi connectivity index (χ0n) is 12.2. The fourth-order valence-corrected chi connectivity index (χ4v) is 2.80. The van der Waals surface area contributed by atoms with Gasteiger partial charge in [-0.05, 0) is 58.2 Å². The van der Waals surface area contributed by atoms with Gasteiger partial charge in [0.1, 0.15) is 0 Å². The van der Waals surface area contributed by atoms with E-state index in [9.17, 15) is 0 Å². The van der Waals surface area contributed by atoms with E-state index in [1.54, 1.807) is 0 Å². The average Bonchev–Trinajstić information content (AvgIpc) is 3.10. The lowest BCUT2D eigenvalue weighted by atomic mass is 10.2. The maximum atomic E-state index is 4.28. The number of aliphatic imine (C=N–C) groups is 1. The second-order valence-corrected chi connectivity index (χ2v) is 5.54. The zero-order chi connectivity index (χ0) is 13.3. The van der Waals surface area contributed by atoms with Crippen LogP contribution in [-0.4, -0.2) is 50.1 Å². The van der Waals surface area contributed by atoms with Crippen molar-refractivity contribution in [3.8, 4) is 0 Å². The van der Waals surface area contributed by atoms with Crippen molar-refractivity contribution in [2.45, 2.75) is 44.6 Å². The van der Waals surface area contributed by atoms with E-state index in [0.717, 1.165) is 25.3 Å². The Morgan fingerprint density at radius 1 is 1.21 bits per heavy atom. The molecular weight excluding hydrogens is 236 g/mol.